The summed E-state index contributed by atoms with van der Waals surface area (Å²) in [6.45, 7) is 1.13. The Balaban J connectivity index is 1.89. The minimum absolute atomic E-state index is 0.461. The number of hydrogen-bond acceptors (Lipinski definition) is 3. The van der Waals surface area contributed by atoms with Crippen LogP contribution in [0.2, 0.25) is 0 Å². The zero-order valence-corrected chi connectivity index (χ0v) is 11.7. The molecule has 1 saturated heterocycles. The highest BCUT2D eigenvalue weighted by molar-refractivity contribution is 9.10. The third-order valence-corrected chi connectivity index (χ3v) is 4.34. The van der Waals surface area contributed by atoms with Gasteiger partial charge in [-0.25, -0.2) is 4.98 Å². The predicted octanol–water partition coefficient (Wildman–Crippen LogP) is 4.25. The van der Waals surface area contributed by atoms with E-state index >= 15 is 0 Å². The van der Waals surface area contributed by atoms with Crippen LogP contribution < -0.4 is 4.90 Å². The van der Waals surface area contributed by atoms with E-state index in [-0.39, 0.29) is 0 Å². The van der Waals surface area contributed by atoms with Crippen LogP contribution in [0.1, 0.15) is 24.6 Å². The summed E-state index contributed by atoms with van der Waals surface area (Å²) < 4.78 is 1.13. The fourth-order valence-electron chi connectivity index (χ4n) is 2.40. The van der Waals surface area contributed by atoms with Gasteiger partial charge >= 0.3 is 0 Å². The maximum atomic E-state index is 4.46. The molecule has 0 radical (unpaired) electrons. The third-order valence-electron chi connectivity index (χ3n) is 3.20. The molecule has 0 amide bonds. The fraction of sp³-hybridized carbons (Fsp3) is 0.308. The molecule has 4 heteroatoms. The normalized spacial score (nSPS) is 19.8. The van der Waals surface area contributed by atoms with Crippen LogP contribution in [0.4, 0.5) is 5.69 Å². The number of nitrogens with zero attached hydrogens (tertiary/aromatic N) is 2. The lowest BCUT2D eigenvalue weighted by Crippen LogP contribution is -2.22. The Morgan fingerprint density at radius 3 is 2.82 bits per heavy atom. The molecule has 1 aromatic carbocycles. The Hall–Kier alpha value is -0.870. The van der Waals surface area contributed by atoms with Crippen LogP contribution in [0.25, 0.3) is 0 Å². The van der Waals surface area contributed by atoms with Crippen molar-refractivity contribution in [3.05, 3.63) is 45.3 Å². The summed E-state index contributed by atoms with van der Waals surface area (Å²) in [4.78, 5) is 6.92. The average molecular weight is 309 g/mol. The number of thiazole rings is 1. The van der Waals surface area contributed by atoms with Gasteiger partial charge in [-0.2, -0.15) is 0 Å². The van der Waals surface area contributed by atoms with Gasteiger partial charge in [0.2, 0.25) is 0 Å². The second kappa shape index (κ2) is 4.78. The van der Waals surface area contributed by atoms with E-state index in [1.165, 1.54) is 24.2 Å². The first-order chi connectivity index (χ1) is 8.34. The Morgan fingerprint density at radius 2 is 2.12 bits per heavy atom. The van der Waals surface area contributed by atoms with Crippen LogP contribution in [-0.4, -0.2) is 11.5 Å². The second-order valence-corrected chi connectivity index (χ2v) is 5.88. The zero-order valence-electron chi connectivity index (χ0n) is 9.34. The Labute approximate surface area is 113 Å². The van der Waals surface area contributed by atoms with E-state index in [2.05, 4.69) is 55.5 Å². The molecular weight excluding hydrogens is 296 g/mol. The van der Waals surface area contributed by atoms with E-state index < -0.39 is 0 Å². The van der Waals surface area contributed by atoms with Crippen molar-refractivity contribution in [2.75, 3.05) is 11.4 Å². The van der Waals surface area contributed by atoms with Gasteiger partial charge in [0.25, 0.3) is 0 Å². The third kappa shape index (κ3) is 2.24. The summed E-state index contributed by atoms with van der Waals surface area (Å²) in [5.41, 5.74) is 4.44. The molecule has 1 aliphatic rings. The van der Waals surface area contributed by atoms with Crippen molar-refractivity contribution in [1.82, 2.24) is 4.98 Å². The van der Waals surface area contributed by atoms with Crippen LogP contribution >= 0.6 is 27.3 Å². The number of rotatable bonds is 2. The van der Waals surface area contributed by atoms with Gasteiger partial charge in [0.15, 0.2) is 0 Å². The highest BCUT2D eigenvalue weighted by Crippen LogP contribution is 2.36. The molecule has 0 N–H and O–H groups in total. The highest BCUT2D eigenvalue weighted by atomic mass is 79.9. The summed E-state index contributed by atoms with van der Waals surface area (Å²) in [6.07, 6.45) is 2.46. The van der Waals surface area contributed by atoms with Gasteiger partial charge < -0.3 is 4.90 Å². The van der Waals surface area contributed by atoms with Crippen molar-refractivity contribution < 1.29 is 0 Å². The van der Waals surface area contributed by atoms with Gasteiger partial charge in [-0.05, 0) is 37.1 Å². The van der Waals surface area contributed by atoms with Crippen molar-refractivity contribution in [2.45, 2.75) is 18.9 Å². The molecule has 0 saturated carbocycles. The van der Waals surface area contributed by atoms with Gasteiger partial charge in [0.1, 0.15) is 0 Å². The Morgan fingerprint density at radius 1 is 1.29 bits per heavy atom. The lowest BCUT2D eigenvalue weighted by molar-refractivity contribution is 0.700. The highest BCUT2D eigenvalue weighted by Gasteiger charge is 2.27. The van der Waals surface area contributed by atoms with E-state index in [1.54, 1.807) is 11.3 Å². The van der Waals surface area contributed by atoms with E-state index in [9.17, 15) is 0 Å². The standard InChI is InChI=1S/C13H13BrN2S/c14-10-3-5-11(6-4-10)16-7-1-2-13(16)12-8-17-9-15-12/h3-6,8-9,13H,1-2,7H2. The van der Waals surface area contributed by atoms with Crippen LogP contribution in [0.5, 0.6) is 0 Å². The summed E-state index contributed by atoms with van der Waals surface area (Å²) in [6, 6.07) is 9.02. The van der Waals surface area contributed by atoms with Gasteiger partial charge in [-0.3, -0.25) is 0 Å². The van der Waals surface area contributed by atoms with E-state index in [0.29, 0.717) is 6.04 Å². The minimum Gasteiger partial charge on any atom is -0.363 e. The molecule has 3 rings (SSSR count). The summed E-state index contributed by atoms with van der Waals surface area (Å²) in [7, 11) is 0. The maximum absolute atomic E-state index is 4.46. The number of benzene rings is 1. The van der Waals surface area contributed by atoms with Crippen LogP contribution in [0, 0.1) is 0 Å². The topological polar surface area (TPSA) is 16.1 Å². The van der Waals surface area contributed by atoms with Gasteiger partial charge in [0.05, 0.1) is 17.2 Å². The van der Waals surface area contributed by atoms with E-state index in [0.717, 1.165) is 11.0 Å². The number of hydrogen-bond donors (Lipinski definition) is 0. The minimum atomic E-state index is 0.461. The zero-order chi connectivity index (χ0) is 11.7. The second-order valence-electron chi connectivity index (χ2n) is 4.24. The molecule has 1 aliphatic heterocycles. The number of anilines is 1. The molecule has 1 unspecified atom stereocenters. The molecule has 1 fully saturated rings. The van der Waals surface area contributed by atoms with E-state index in [1.807, 2.05) is 5.51 Å². The Kier molecular flexibility index (Phi) is 3.16. The van der Waals surface area contributed by atoms with Gasteiger partial charge in [-0.1, -0.05) is 15.9 Å². The first-order valence-electron chi connectivity index (χ1n) is 5.75. The monoisotopic (exact) mass is 308 g/mol. The predicted molar refractivity (Wildman–Crippen MR) is 75.6 cm³/mol. The van der Waals surface area contributed by atoms with Crippen LogP contribution in [-0.2, 0) is 0 Å². The lowest BCUT2D eigenvalue weighted by Gasteiger charge is -2.25. The molecule has 1 aromatic heterocycles. The number of halogens is 1. The molecule has 2 heterocycles. The van der Waals surface area contributed by atoms with Crippen LogP contribution in [0.3, 0.4) is 0 Å². The fourth-order valence-corrected chi connectivity index (χ4v) is 3.27. The summed E-state index contributed by atoms with van der Waals surface area (Å²) >= 11 is 5.16. The molecule has 88 valence electrons. The van der Waals surface area contributed by atoms with Crippen molar-refractivity contribution in [2.24, 2.45) is 0 Å². The van der Waals surface area contributed by atoms with Gasteiger partial charge in [-0.15, -0.1) is 11.3 Å². The van der Waals surface area contributed by atoms with Crippen LogP contribution in [0.15, 0.2) is 39.6 Å². The smallest absolute Gasteiger partial charge is 0.0795 e. The maximum Gasteiger partial charge on any atom is 0.0795 e. The number of aromatic nitrogens is 1. The molecule has 0 spiro atoms. The lowest BCUT2D eigenvalue weighted by atomic mass is 10.1. The van der Waals surface area contributed by atoms with Gasteiger partial charge in [0, 0.05) is 22.1 Å². The first kappa shape index (κ1) is 11.2. The Bertz CT molecular complexity index is 481. The molecule has 1 atom stereocenters. The molecule has 2 nitrogen and oxygen atoms in total. The summed E-state index contributed by atoms with van der Waals surface area (Å²) in [5, 5.41) is 2.17. The van der Waals surface area contributed by atoms with Crippen molar-refractivity contribution in [3.63, 3.8) is 0 Å². The quantitative estimate of drug-likeness (QED) is 0.824. The van der Waals surface area contributed by atoms with Crippen molar-refractivity contribution in [1.29, 1.82) is 0 Å². The summed E-state index contributed by atoms with van der Waals surface area (Å²) in [5.74, 6) is 0. The van der Waals surface area contributed by atoms with Crippen molar-refractivity contribution in [3.8, 4) is 0 Å². The van der Waals surface area contributed by atoms with Crippen molar-refractivity contribution >= 4 is 33.0 Å². The molecule has 0 aliphatic carbocycles. The SMILES string of the molecule is Brc1ccc(N2CCCC2c2cscn2)cc1. The molecular formula is C13H13BrN2S. The first-order valence-corrected chi connectivity index (χ1v) is 7.48. The average Bonchev–Trinajstić information content (AvgIpc) is 3.00. The molecule has 2 aromatic rings. The molecule has 17 heavy (non-hydrogen) atoms. The van der Waals surface area contributed by atoms with E-state index in [4.69, 9.17) is 0 Å². The largest absolute Gasteiger partial charge is 0.363 e. The molecule has 0 bridgehead atoms.